The lowest BCUT2D eigenvalue weighted by Gasteiger charge is -2.33. The molecule has 0 saturated carbocycles. The molecule has 1 aromatic carbocycles. The van der Waals surface area contributed by atoms with Gasteiger partial charge >= 0.3 is 0 Å². The minimum Gasteiger partial charge on any atom is -0.503 e. The molecule has 1 fully saturated rings. The number of nitrogens with zero attached hydrogens (tertiary/aromatic N) is 2. The van der Waals surface area contributed by atoms with Gasteiger partial charge in [0.15, 0.2) is 23.5 Å². The number of benzene rings is 1. The number of ether oxygens (including phenoxy) is 1. The highest BCUT2D eigenvalue weighted by Gasteiger charge is 2.42. The predicted molar refractivity (Wildman–Crippen MR) is 96.7 cm³/mol. The molecule has 0 spiro atoms. The zero-order valence-corrected chi connectivity index (χ0v) is 15.5. The van der Waals surface area contributed by atoms with Crippen LogP contribution in [0.5, 0.6) is 5.75 Å². The van der Waals surface area contributed by atoms with Gasteiger partial charge in [0.2, 0.25) is 5.43 Å². The van der Waals surface area contributed by atoms with Crippen molar-refractivity contribution in [3.05, 3.63) is 63.1 Å². The van der Waals surface area contributed by atoms with E-state index in [9.17, 15) is 28.3 Å². The fourth-order valence-electron chi connectivity index (χ4n) is 3.78. The summed E-state index contributed by atoms with van der Waals surface area (Å²) < 4.78 is 33.7. The van der Waals surface area contributed by atoms with Gasteiger partial charge in [-0.25, -0.2) is 8.78 Å². The van der Waals surface area contributed by atoms with Gasteiger partial charge in [-0.05, 0) is 25.0 Å². The largest absolute Gasteiger partial charge is 0.503 e. The molecule has 1 amide bonds. The normalized spacial score (nSPS) is 20.5. The molecule has 29 heavy (non-hydrogen) atoms. The first-order chi connectivity index (χ1) is 13.8. The number of halogens is 2. The highest BCUT2D eigenvalue weighted by atomic mass is 19.1. The second-order valence-electron chi connectivity index (χ2n) is 7.23. The number of aromatic nitrogens is 1. The first kappa shape index (κ1) is 19.3. The van der Waals surface area contributed by atoms with Crippen molar-refractivity contribution in [3.8, 4) is 5.75 Å². The molecule has 0 radical (unpaired) electrons. The molecular formula is C20H18F2N2O5. The third-order valence-electron chi connectivity index (χ3n) is 5.30. The van der Waals surface area contributed by atoms with E-state index in [1.54, 1.807) is 6.92 Å². The number of Topliss-reactive ketones (excluding diaryl/α,β-unsaturated/α-hetero) is 1. The number of hydrogen-bond acceptors (Lipinski definition) is 5. The Morgan fingerprint density at radius 1 is 1.31 bits per heavy atom. The zero-order valence-electron chi connectivity index (χ0n) is 15.5. The van der Waals surface area contributed by atoms with E-state index in [4.69, 9.17) is 4.74 Å². The Morgan fingerprint density at radius 3 is 2.79 bits per heavy atom. The highest BCUT2D eigenvalue weighted by Crippen LogP contribution is 2.29. The monoisotopic (exact) mass is 404 g/mol. The minimum atomic E-state index is -0.944. The summed E-state index contributed by atoms with van der Waals surface area (Å²) in [5, 5.41) is 10.3. The van der Waals surface area contributed by atoms with Crippen LogP contribution in [0.1, 0.15) is 39.8 Å². The van der Waals surface area contributed by atoms with Gasteiger partial charge in [-0.2, -0.15) is 0 Å². The highest BCUT2D eigenvalue weighted by molar-refractivity contribution is 6.00. The van der Waals surface area contributed by atoms with Crippen molar-refractivity contribution in [2.45, 2.75) is 38.6 Å². The number of carbonyl (C=O) groups excluding carboxylic acids is 2. The van der Waals surface area contributed by atoms with Gasteiger partial charge in [0.1, 0.15) is 11.6 Å². The quantitative estimate of drug-likeness (QED) is 0.786. The van der Waals surface area contributed by atoms with Gasteiger partial charge in [-0.15, -0.1) is 0 Å². The molecular weight excluding hydrogens is 386 g/mol. The third-order valence-corrected chi connectivity index (χ3v) is 5.30. The van der Waals surface area contributed by atoms with Crippen molar-refractivity contribution in [2.75, 3.05) is 6.61 Å². The molecule has 1 N–H and O–H groups in total. The van der Waals surface area contributed by atoms with Crippen LogP contribution in [0, 0.1) is 11.6 Å². The van der Waals surface area contributed by atoms with Crippen LogP contribution in [-0.2, 0) is 17.7 Å². The van der Waals surface area contributed by atoms with Crippen molar-refractivity contribution in [1.29, 1.82) is 0 Å². The molecule has 1 aromatic heterocycles. The molecule has 0 bridgehead atoms. The Bertz CT molecular complexity index is 1080. The number of hydrogen-bond donors (Lipinski definition) is 1. The summed E-state index contributed by atoms with van der Waals surface area (Å²) in [6.45, 7) is 2.31. The van der Waals surface area contributed by atoms with E-state index in [-0.39, 0.29) is 42.2 Å². The minimum absolute atomic E-state index is 0.0388. The standard InChI is InChI=1S/C20H18F2N2O5/c1-10-9-29-16-8-23-7-13(18(26)19(27)17(23)20(28)24(10)16)15(25)5-3-11-2-4-12(21)6-14(11)22/h2,4,6-7,10,16,27H,3,5,8-9H2,1H3/t10-,16+/m0/s1. The summed E-state index contributed by atoms with van der Waals surface area (Å²) in [6.07, 6.45) is 0.446. The summed E-state index contributed by atoms with van der Waals surface area (Å²) in [5.41, 5.74) is -1.27. The summed E-state index contributed by atoms with van der Waals surface area (Å²) in [5.74, 6) is -3.43. The van der Waals surface area contributed by atoms with Crippen molar-refractivity contribution in [1.82, 2.24) is 9.47 Å². The molecule has 2 aliphatic heterocycles. The molecule has 0 aliphatic carbocycles. The van der Waals surface area contributed by atoms with Crippen LogP contribution in [0.3, 0.4) is 0 Å². The molecule has 4 rings (SSSR count). The van der Waals surface area contributed by atoms with Gasteiger partial charge in [0.05, 0.1) is 24.8 Å². The molecule has 2 aliphatic rings. The van der Waals surface area contributed by atoms with E-state index in [1.165, 1.54) is 21.7 Å². The number of fused-ring (bicyclic) bond motifs is 2. The van der Waals surface area contributed by atoms with Gasteiger partial charge in [0, 0.05) is 18.7 Å². The molecule has 1 saturated heterocycles. The van der Waals surface area contributed by atoms with Crippen LogP contribution >= 0.6 is 0 Å². The van der Waals surface area contributed by atoms with Crippen LogP contribution in [-0.4, -0.2) is 45.1 Å². The second kappa shape index (κ2) is 7.07. The fourth-order valence-corrected chi connectivity index (χ4v) is 3.78. The average molecular weight is 404 g/mol. The van der Waals surface area contributed by atoms with E-state index >= 15 is 0 Å². The first-order valence-electron chi connectivity index (χ1n) is 9.15. The molecule has 3 heterocycles. The van der Waals surface area contributed by atoms with E-state index < -0.39 is 40.7 Å². The Kier molecular flexibility index (Phi) is 4.70. The topological polar surface area (TPSA) is 88.8 Å². The van der Waals surface area contributed by atoms with Gasteiger partial charge in [0.25, 0.3) is 5.91 Å². The number of pyridine rings is 1. The number of aromatic hydroxyl groups is 1. The number of rotatable bonds is 4. The van der Waals surface area contributed by atoms with Gasteiger partial charge < -0.3 is 19.3 Å². The molecule has 2 atom stereocenters. The van der Waals surface area contributed by atoms with Crippen molar-refractivity contribution in [3.63, 3.8) is 0 Å². The van der Waals surface area contributed by atoms with E-state index in [1.807, 2.05) is 0 Å². The Morgan fingerprint density at radius 2 is 2.07 bits per heavy atom. The third kappa shape index (κ3) is 3.21. The lowest BCUT2D eigenvalue weighted by atomic mass is 10.0. The van der Waals surface area contributed by atoms with Gasteiger partial charge in [-0.3, -0.25) is 14.4 Å². The molecule has 2 aromatic rings. The number of amides is 1. The Balaban J connectivity index is 1.62. The van der Waals surface area contributed by atoms with E-state index in [2.05, 4.69) is 0 Å². The predicted octanol–water partition coefficient (Wildman–Crippen LogP) is 1.85. The molecule has 0 unspecified atom stereocenters. The van der Waals surface area contributed by atoms with E-state index in [0.29, 0.717) is 6.61 Å². The summed E-state index contributed by atoms with van der Waals surface area (Å²) >= 11 is 0. The maximum atomic E-state index is 13.8. The van der Waals surface area contributed by atoms with Gasteiger partial charge in [-0.1, -0.05) is 6.07 Å². The van der Waals surface area contributed by atoms with Crippen LogP contribution in [0.15, 0.2) is 29.2 Å². The average Bonchev–Trinajstić information content (AvgIpc) is 3.04. The first-order valence-corrected chi connectivity index (χ1v) is 9.15. The lowest BCUT2D eigenvalue weighted by molar-refractivity contribution is 0.00625. The molecule has 7 nitrogen and oxygen atoms in total. The second-order valence-corrected chi connectivity index (χ2v) is 7.23. The summed E-state index contributed by atoms with van der Waals surface area (Å²) in [4.78, 5) is 39.3. The zero-order chi connectivity index (χ0) is 20.9. The Hall–Kier alpha value is -3.07. The van der Waals surface area contributed by atoms with Crippen LogP contribution in [0.25, 0.3) is 0 Å². The van der Waals surface area contributed by atoms with Crippen molar-refractivity contribution in [2.24, 2.45) is 0 Å². The molecule has 152 valence electrons. The fraction of sp³-hybridized carbons (Fsp3) is 0.350. The number of ketones is 1. The molecule has 9 heteroatoms. The summed E-state index contributed by atoms with van der Waals surface area (Å²) in [6, 6.07) is 2.85. The SMILES string of the molecule is C[C@H]1CO[C@@H]2Cn3cc(C(=O)CCc4ccc(F)cc4F)c(=O)c(O)c3C(=O)N12. The van der Waals surface area contributed by atoms with Crippen molar-refractivity contribution < 1.29 is 28.2 Å². The number of carbonyl (C=O) groups is 2. The van der Waals surface area contributed by atoms with E-state index in [0.717, 1.165) is 12.1 Å². The van der Waals surface area contributed by atoms with Crippen LogP contribution < -0.4 is 5.43 Å². The lowest BCUT2D eigenvalue weighted by Crippen LogP contribution is -2.48. The maximum Gasteiger partial charge on any atom is 0.276 e. The Labute approximate surface area is 164 Å². The summed E-state index contributed by atoms with van der Waals surface area (Å²) in [7, 11) is 0. The maximum absolute atomic E-state index is 13.8. The van der Waals surface area contributed by atoms with Crippen molar-refractivity contribution >= 4 is 11.7 Å². The van der Waals surface area contributed by atoms with Crippen LogP contribution in [0.4, 0.5) is 8.78 Å². The smallest absolute Gasteiger partial charge is 0.276 e. The van der Waals surface area contributed by atoms with Crippen LogP contribution in [0.2, 0.25) is 0 Å². The number of aryl methyl sites for hydroxylation is 1.